The summed E-state index contributed by atoms with van der Waals surface area (Å²) in [7, 11) is -4.00. The predicted octanol–water partition coefficient (Wildman–Crippen LogP) is 3.77. The number of hydrogen-bond acceptors (Lipinski definition) is 6. The second kappa shape index (κ2) is 12.8. The van der Waals surface area contributed by atoms with Gasteiger partial charge in [-0.1, -0.05) is 47.5 Å². The van der Waals surface area contributed by atoms with Crippen molar-refractivity contribution in [2.45, 2.75) is 46.2 Å². The van der Waals surface area contributed by atoms with Gasteiger partial charge in [0.25, 0.3) is 5.69 Å². The highest BCUT2D eigenvalue weighted by molar-refractivity contribution is 9.10. The van der Waals surface area contributed by atoms with E-state index >= 15 is 0 Å². The fraction of sp³-hybridized carbons (Fsp3) is 0.417. The smallest absolute Gasteiger partial charge is 0.271 e. The monoisotopic (exact) mass is 582 g/mol. The van der Waals surface area contributed by atoms with E-state index in [1.165, 1.54) is 17.0 Å². The summed E-state index contributed by atoms with van der Waals surface area (Å²) in [6, 6.07) is 10.2. The van der Waals surface area contributed by atoms with E-state index in [2.05, 4.69) is 21.2 Å². The number of rotatable bonds is 12. The van der Waals surface area contributed by atoms with E-state index in [1.807, 2.05) is 13.0 Å². The van der Waals surface area contributed by atoms with Gasteiger partial charge in [-0.05, 0) is 43.5 Å². The van der Waals surface area contributed by atoms with Crippen LogP contribution in [-0.4, -0.2) is 55.4 Å². The molecule has 0 aromatic heterocycles. The summed E-state index contributed by atoms with van der Waals surface area (Å²) in [6.45, 7) is 5.08. The lowest BCUT2D eigenvalue weighted by atomic mass is 10.1. The number of amides is 2. The van der Waals surface area contributed by atoms with E-state index in [4.69, 9.17) is 0 Å². The molecule has 196 valence electrons. The van der Waals surface area contributed by atoms with Crippen LogP contribution in [0.25, 0.3) is 0 Å². The molecule has 0 saturated carbocycles. The largest absolute Gasteiger partial charge is 0.354 e. The number of sulfonamides is 1. The Hall–Kier alpha value is -2.99. The van der Waals surface area contributed by atoms with Crippen molar-refractivity contribution in [3.8, 4) is 0 Å². The third-order valence-corrected chi connectivity index (χ3v) is 7.21. The third-order valence-electron chi connectivity index (χ3n) is 5.59. The number of nitrogens with zero attached hydrogens (tertiary/aromatic N) is 3. The molecule has 2 aromatic rings. The van der Waals surface area contributed by atoms with Crippen LogP contribution in [0.5, 0.6) is 0 Å². The number of nitrogens with one attached hydrogen (secondary N) is 1. The molecule has 0 bridgehead atoms. The molecule has 1 atom stereocenters. The molecule has 1 N–H and O–H groups in total. The Morgan fingerprint density at radius 1 is 1.19 bits per heavy atom. The molecule has 2 rings (SSSR count). The summed E-state index contributed by atoms with van der Waals surface area (Å²) in [5.74, 6) is -0.978. The average Bonchev–Trinajstić information content (AvgIpc) is 2.80. The topological polar surface area (TPSA) is 130 Å². The summed E-state index contributed by atoms with van der Waals surface area (Å²) >= 11 is 3.40. The second-order valence-electron chi connectivity index (χ2n) is 8.47. The summed E-state index contributed by atoms with van der Waals surface area (Å²) in [4.78, 5) is 38.4. The van der Waals surface area contributed by atoms with Crippen LogP contribution in [0.1, 0.15) is 37.8 Å². The first-order valence-electron chi connectivity index (χ1n) is 11.4. The summed E-state index contributed by atoms with van der Waals surface area (Å²) < 4.78 is 27.0. The van der Waals surface area contributed by atoms with Crippen molar-refractivity contribution in [2.75, 3.05) is 23.7 Å². The van der Waals surface area contributed by atoms with Gasteiger partial charge in [0, 0.05) is 29.7 Å². The number of nitro benzene ring substituents is 1. The Balaban J connectivity index is 2.44. The van der Waals surface area contributed by atoms with Crippen LogP contribution in [0.3, 0.4) is 0 Å². The minimum atomic E-state index is -4.00. The molecule has 2 aromatic carbocycles. The molecular formula is C24H31BrN4O6S. The Morgan fingerprint density at radius 2 is 1.89 bits per heavy atom. The maximum Gasteiger partial charge on any atom is 0.271 e. The van der Waals surface area contributed by atoms with Crippen LogP contribution in [0.2, 0.25) is 0 Å². The number of non-ortho nitro benzene ring substituents is 1. The second-order valence-corrected chi connectivity index (χ2v) is 11.3. The van der Waals surface area contributed by atoms with Crippen LogP contribution in [-0.2, 0) is 26.2 Å². The minimum absolute atomic E-state index is 0.0301. The van der Waals surface area contributed by atoms with E-state index in [1.54, 1.807) is 32.0 Å². The van der Waals surface area contributed by atoms with Gasteiger partial charge in [0.05, 0.1) is 16.9 Å². The van der Waals surface area contributed by atoms with Crippen LogP contribution in [0.4, 0.5) is 11.4 Å². The Labute approximate surface area is 220 Å². The van der Waals surface area contributed by atoms with Crippen molar-refractivity contribution in [1.29, 1.82) is 0 Å². The third kappa shape index (κ3) is 8.02. The number of aryl methyl sites for hydroxylation is 1. The number of unbranched alkanes of at least 4 members (excludes halogenated alkanes) is 1. The first-order valence-corrected chi connectivity index (χ1v) is 14.0. The highest BCUT2D eigenvalue weighted by Gasteiger charge is 2.31. The van der Waals surface area contributed by atoms with Gasteiger partial charge in [0.1, 0.15) is 12.6 Å². The molecule has 0 aliphatic heterocycles. The zero-order valence-corrected chi connectivity index (χ0v) is 23.1. The molecule has 2 amide bonds. The number of carbonyl (C=O) groups is 2. The molecule has 10 nitrogen and oxygen atoms in total. The summed E-state index contributed by atoms with van der Waals surface area (Å²) in [5, 5.41) is 14.1. The molecule has 0 unspecified atom stereocenters. The molecule has 0 aliphatic rings. The molecule has 0 heterocycles. The van der Waals surface area contributed by atoms with Crippen molar-refractivity contribution >= 4 is 49.1 Å². The zero-order valence-electron chi connectivity index (χ0n) is 20.7. The van der Waals surface area contributed by atoms with Gasteiger partial charge in [-0.2, -0.15) is 0 Å². The number of hydrogen-bond donors (Lipinski definition) is 1. The van der Waals surface area contributed by atoms with E-state index in [-0.39, 0.29) is 23.8 Å². The van der Waals surface area contributed by atoms with Crippen LogP contribution in [0.15, 0.2) is 46.9 Å². The highest BCUT2D eigenvalue weighted by Crippen LogP contribution is 2.28. The van der Waals surface area contributed by atoms with Gasteiger partial charge in [0.15, 0.2) is 0 Å². The maximum absolute atomic E-state index is 13.6. The van der Waals surface area contributed by atoms with Gasteiger partial charge in [-0.15, -0.1) is 0 Å². The SMILES string of the molecule is CCCCNC(=O)[C@@H](C)N(Cc1cccc(Br)c1)C(=O)CN(c1cc([N+](=O)[O-])ccc1C)S(C)(=O)=O. The van der Waals surface area contributed by atoms with Crippen molar-refractivity contribution in [1.82, 2.24) is 10.2 Å². The molecule has 0 radical (unpaired) electrons. The minimum Gasteiger partial charge on any atom is -0.354 e. The Kier molecular flexibility index (Phi) is 10.4. The molecule has 36 heavy (non-hydrogen) atoms. The Morgan fingerprint density at radius 3 is 2.47 bits per heavy atom. The van der Waals surface area contributed by atoms with Gasteiger partial charge in [0.2, 0.25) is 21.8 Å². The summed E-state index contributed by atoms with van der Waals surface area (Å²) in [5.41, 5.74) is 0.917. The molecule has 0 fully saturated rings. The van der Waals surface area contributed by atoms with Gasteiger partial charge in [-0.25, -0.2) is 8.42 Å². The van der Waals surface area contributed by atoms with Crippen molar-refractivity contribution in [2.24, 2.45) is 0 Å². The summed E-state index contributed by atoms with van der Waals surface area (Å²) in [6.07, 6.45) is 2.60. The van der Waals surface area contributed by atoms with Gasteiger partial charge >= 0.3 is 0 Å². The molecule has 0 saturated heterocycles. The van der Waals surface area contributed by atoms with Crippen molar-refractivity contribution in [3.05, 3.63) is 68.2 Å². The van der Waals surface area contributed by atoms with Gasteiger partial charge < -0.3 is 10.2 Å². The number of benzene rings is 2. The average molecular weight is 584 g/mol. The fourth-order valence-corrected chi connectivity index (χ4v) is 4.87. The first-order chi connectivity index (χ1) is 16.8. The van der Waals surface area contributed by atoms with E-state index in [0.717, 1.165) is 39.5 Å². The van der Waals surface area contributed by atoms with E-state index in [9.17, 15) is 28.1 Å². The zero-order chi connectivity index (χ0) is 27.0. The number of anilines is 1. The lowest BCUT2D eigenvalue weighted by Crippen LogP contribution is -2.51. The van der Waals surface area contributed by atoms with Gasteiger partial charge in [-0.3, -0.25) is 24.0 Å². The molecule has 12 heteroatoms. The number of halogens is 1. The van der Waals surface area contributed by atoms with Crippen molar-refractivity contribution in [3.63, 3.8) is 0 Å². The van der Waals surface area contributed by atoms with E-state index in [0.29, 0.717) is 12.1 Å². The fourth-order valence-electron chi connectivity index (χ4n) is 3.53. The molecular weight excluding hydrogens is 552 g/mol. The molecule has 0 spiro atoms. The van der Waals surface area contributed by atoms with E-state index < -0.39 is 33.4 Å². The van der Waals surface area contributed by atoms with Crippen molar-refractivity contribution < 1.29 is 22.9 Å². The first kappa shape index (κ1) is 29.2. The van der Waals surface area contributed by atoms with Crippen LogP contribution >= 0.6 is 15.9 Å². The maximum atomic E-state index is 13.6. The lowest BCUT2D eigenvalue weighted by Gasteiger charge is -2.32. The number of carbonyl (C=O) groups excluding carboxylic acids is 2. The quantitative estimate of drug-likeness (QED) is 0.230. The van der Waals surface area contributed by atoms with Crippen LogP contribution < -0.4 is 9.62 Å². The Bertz CT molecular complexity index is 1220. The standard InChI is InChI=1S/C24H31BrN4O6S/c1-5-6-12-26-24(31)18(3)27(15-19-8-7-9-20(25)13-19)23(30)16-28(36(4,34)35)22-14-21(29(32)33)11-10-17(22)2/h7-11,13-14,18H,5-6,12,15-16H2,1-4H3,(H,26,31)/t18-/m1/s1. The highest BCUT2D eigenvalue weighted by atomic mass is 79.9. The predicted molar refractivity (Wildman–Crippen MR) is 142 cm³/mol. The normalized spacial score (nSPS) is 12.0. The number of nitro groups is 1. The molecule has 0 aliphatic carbocycles. The lowest BCUT2D eigenvalue weighted by molar-refractivity contribution is -0.384. The van der Waals surface area contributed by atoms with Crippen LogP contribution in [0, 0.1) is 17.0 Å².